The van der Waals surface area contributed by atoms with Crippen LogP contribution in [0.1, 0.15) is 130 Å². The highest BCUT2D eigenvalue weighted by molar-refractivity contribution is 6.62. The maximum absolute atomic E-state index is 14.9. The van der Waals surface area contributed by atoms with Crippen LogP contribution in [0.15, 0.2) is 200 Å². The first kappa shape index (κ1) is 81.1. The number of hydrogen-bond donors (Lipinski definition) is 4. The predicted molar refractivity (Wildman–Crippen MR) is 377 cm³/mol. The quantitative estimate of drug-likeness (QED) is 0.0471. The van der Waals surface area contributed by atoms with Crippen LogP contribution < -0.4 is 21.3 Å². The van der Waals surface area contributed by atoms with Crippen LogP contribution >= 0.6 is 46.4 Å². The summed E-state index contributed by atoms with van der Waals surface area (Å²) in [4.78, 5) is 75.4. The normalized spacial score (nSPS) is 16.0. The van der Waals surface area contributed by atoms with Gasteiger partial charge in [0.1, 0.15) is 105 Å². The third-order valence-electron chi connectivity index (χ3n) is 16.0. The number of nitrogens with one attached hydrogen (secondary N) is 4. The highest BCUT2D eigenvalue weighted by Gasteiger charge is 2.40. The number of nitrogens with zero attached hydrogens (tertiary/aromatic N) is 4. The lowest BCUT2D eigenvalue weighted by atomic mass is 9.93. The number of rotatable bonds is 14. The van der Waals surface area contributed by atoms with Gasteiger partial charge in [-0.1, -0.05) is 114 Å². The van der Waals surface area contributed by atoms with Gasteiger partial charge >= 0.3 is 5.97 Å². The molecule has 0 saturated carbocycles. The molecule has 3 heterocycles. The van der Waals surface area contributed by atoms with Crippen LogP contribution in [0.5, 0.6) is 0 Å². The Balaban J connectivity index is 0.000000197. The van der Waals surface area contributed by atoms with E-state index in [0.717, 1.165) is 59.3 Å². The number of ether oxygens (including phenoxy) is 1. The lowest BCUT2D eigenvalue weighted by Crippen LogP contribution is -2.42. The van der Waals surface area contributed by atoms with Crippen molar-refractivity contribution in [1.29, 1.82) is 0 Å². The van der Waals surface area contributed by atoms with Crippen LogP contribution in [0.25, 0.3) is 0 Å². The minimum Gasteiger partial charge on any atom is -0.463 e. The number of carbonyl (C=O) groups is 5. The fourth-order valence-electron chi connectivity index (χ4n) is 11.3. The van der Waals surface area contributed by atoms with Gasteiger partial charge in [0.15, 0.2) is 0 Å². The number of aliphatic imine (C=N–C) groups is 3. The SMILES string of the molecule is CC(=O)Cl.CC(=O)N1C(c2c(F)cc(F)cc2F)=N[C@@H](c2ccc(F)cc2Cl)C(C(=O)N[C@H](C)c2ccccc2)=C1C.CC1=C(C(=O)N[C@H](C)c2ccccc2)[C@H](c2ccc(F)cc2Cl)N=C(c2c(F)cc(F)cc2F)N1.CCOC(=O)C1=C(C)NC(c2c(F)cc(F)cc2F)=N[C@H]1c1ccc(F)cc1Cl. The second-order valence-corrected chi connectivity index (χ2v) is 25.2. The second-order valence-electron chi connectivity index (χ2n) is 23.4. The summed E-state index contributed by atoms with van der Waals surface area (Å²) in [6.45, 7) is 12.1. The fraction of sp³-hybridized carbons (Fsp3) is 0.184. The van der Waals surface area contributed by atoms with E-state index in [9.17, 15) is 76.7 Å². The van der Waals surface area contributed by atoms with Gasteiger partial charge < -0.3 is 26.0 Å². The largest absolute Gasteiger partial charge is 0.463 e. The van der Waals surface area contributed by atoms with E-state index in [4.69, 9.17) is 39.5 Å². The van der Waals surface area contributed by atoms with Crippen molar-refractivity contribution in [3.8, 4) is 0 Å². The van der Waals surface area contributed by atoms with Crippen LogP contribution in [-0.4, -0.2) is 57.9 Å². The maximum atomic E-state index is 14.9. The summed E-state index contributed by atoms with van der Waals surface area (Å²) in [5.74, 6) is -16.0. The Kier molecular flexibility index (Phi) is 27.2. The molecule has 3 aliphatic rings. The van der Waals surface area contributed by atoms with Crippen molar-refractivity contribution in [3.63, 3.8) is 0 Å². The molecule has 106 heavy (non-hydrogen) atoms. The highest BCUT2D eigenvalue weighted by Crippen LogP contribution is 2.42. The summed E-state index contributed by atoms with van der Waals surface area (Å²) in [5, 5.41) is 10.7. The summed E-state index contributed by atoms with van der Waals surface area (Å²) < 4.78 is 174. The fourth-order valence-corrected chi connectivity index (χ4v) is 12.1. The molecule has 30 heteroatoms. The number of hydrogen-bond acceptors (Lipinski definition) is 11. The molecule has 4 N–H and O–H groups in total. The number of allylic oxidation sites excluding steroid dienone is 3. The standard InChI is InChI=1S/C28H22ClF4N3O2.C26H20ClF4N3O.C20H15ClF4N2O2.C2H3ClO/c1-14(17-7-5-4-6-8-17)34-28(38)24-15(2)36(16(3)37)27(25-22(32)12-19(31)13-23(25)33)35-26(24)20-10-9-18(30)11-21(20)29;1-13(15-6-4-3-5-7-15)33-26(35)22-14(2)32-25(23-20(30)11-17(29)12-21(23)31)34-24(22)18-9-8-16(28)10-19(18)27;1-3-29-20(28)16-9(2)26-19(17-14(24)7-11(23)8-15(17)25)27-18(16)12-5-4-10(22)6-13(12)21;1-2(3)4/h4-14,26H,1-3H3,(H,34,38);3-13,24H,1-2H3,(H,32,34)(H,33,35);4-8,18H,3H2,1-2H3,(H,26,27);1H3/t14-,26+;13-,24+;18-;/m110./s1. The molecule has 0 bridgehead atoms. The minimum absolute atomic E-state index is 0.0192. The van der Waals surface area contributed by atoms with E-state index < -0.39 is 140 Å². The van der Waals surface area contributed by atoms with Crippen molar-refractivity contribution in [3.05, 3.63) is 315 Å². The molecule has 8 aromatic rings. The van der Waals surface area contributed by atoms with Crippen LogP contribution in [-0.2, 0) is 28.7 Å². The molecule has 3 amide bonds. The molecule has 0 aromatic heterocycles. The summed E-state index contributed by atoms with van der Waals surface area (Å²) in [6, 6.07) is 27.4. The lowest BCUT2D eigenvalue weighted by Gasteiger charge is -2.34. The first-order valence-electron chi connectivity index (χ1n) is 31.7. The van der Waals surface area contributed by atoms with Crippen molar-refractivity contribution in [1.82, 2.24) is 26.2 Å². The molecule has 5 atom stereocenters. The molecule has 0 saturated heterocycles. The number of halogens is 16. The van der Waals surface area contributed by atoms with E-state index in [0.29, 0.717) is 36.4 Å². The van der Waals surface area contributed by atoms with Gasteiger partial charge in [0.05, 0.1) is 52.1 Å². The number of carbonyl (C=O) groups excluding carboxylic acids is 5. The van der Waals surface area contributed by atoms with Crippen molar-refractivity contribution < 1.29 is 81.4 Å². The Morgan fingerprint density at radius 2 is 0.783 bits per heavy atom. The predicted octanol–water partition coefficient (Wildman–Crippen LogP) is 18.1. The van der Waals surface area contributed by atoms with E-state index in [1.165, 1.54) is 39.0 Å². The van der Waals surface area contributed by atoms with E-state index >= 15 is 0 Å². The van der Waals surface area contributed by atoms with E-state index in [1.54, 1.807) is 27.7 Å². The summed E-state index contributed by atoms with van der Waals surface area (Å²) in [6.07, 6.45) is 0. The van der Waals surface area contributed by atoms with E-state index in [2.05, 4.69) is 47.8 Å². The molecule has 552 valence electrons. The van der Waals surface area contributed by atoms with Crippen LogP contribution in [0.3, 0.4) is 0 Å². The third-order valence-corrected chi connectivity index (χ3v) is 17.0. The molecule has 14 nitrogen and oxygen atoms in total. The highest BCUT2D eigenvalue weighted by atomic mass is 35.5. The summed E-state index contributed by atoms with van der Waals surface area (Å²) in [5.41, 5.74) is 0.982. The topological polar surface area (TPSA) is 183 Å². The molecular weight excluding hydrogens is 1490 g/mol. The average molecular weight is 1550 g/mol. The molecule has 0 radical (unpaired) electrons. The molecule has 11 rings (SSSR count). The monoisotopic (exact) mass is 1550 g/mol. The van der Waals surface area contributed by atoms with Gasteiger partial charge in [-0.2, -0.15) is 0 Å². The van der Waals surface area contributed by atoms with E-state index in [1.807, 2.05) is 60.7 Å². The zero-order valence-corrected chi connectivity index (χ0v) is 59.8. The Morgan fingerprint density at radius 1 is 0.462 bits per heavy atom. The van der Waals surface area contributed by atoms with Crippen molar-refractivity contribution in [2.24, 2.45) is 15.0 Å². The van der Waals surface area contributed by atoms with Crippen molar-refractivity contribution in [2.75, 3.05) is 6.61 Å². The first-order chi connectivity index (χ1) is 50.1. The van der Waals surface area contributed by atoms with Crippen molar-refractivity contribution in [2.45, 2.75) is 85.6 Å². The number of amidine groups is 3. The van der Waals surface area contributed by atoms with Crippen molar-refractivity contribution >= 4 is 92.8 Å². The van der Waals surface area contributed by atoms with Gasteiger partial charge in [0.2, 0.25) is 11.1 Å². The number of benzene rings is 8. The smallest absolute Gasteiger partial charge is 0.338 e. The Labute approximate surface area is 619 Å². The maximum Gasteiger partial charge on any atom is 0.338 e. The average Bonchev–Trinajstić information content (AvgIpc) is 0.755. The van der Waals surface area contributed by atoms with Crippen LogP contribution in [0.2, 0.25) is 15.1 Å². The molecule has 0 unspecified atom stereocenters. The molecule has 0 fully saturated rings. The Bertz CT molecular complexity index is 4900. The molecular formula is C76H60Cl4F12N8O6. The van der Waals surface area contributed by atoms with Gasteiger partial charge in [0.25, 0.3) is 11.8 Å². The molecule has 0 aliphatic carbocycles. The first-order valence-corrected chi connectivity index (χ1v) is 33.2. The molecule has 0 spiro atoms. The number of amides is 3. The zero-order chi connectivity index (χ0) is 77.9. The Hall–Kier alpha value is -10.5. The van der Waals surface area contributed by atoms with Gasteiger partial charge in [-0.3, -0.25) is 39.1 Å². The second kappa shape index (κ2) is 35.5. The van der Waals surface area contributed by atoms with E-state index in [-0.39, 0.29) is 95.1 Å². The molecule has 3 aliphatic heterocycles. The number of esters is 1. The minimum atomic E-state index is -1.30. The van der Waals surface area contributed by atoms with Gasteiger partial charge in [-0.25, -0.2) is 57.5 Å². The summed E-state index contributed by atoms with van der Waals surface area (Å²) in [7, 11) is 0. The summed E-state index contributed by atoms with van der Waals surface area (Å²) >= 11 is 23.4. The lowest BCUT2D eigenvalue weighted by molar-refractivity contribution is -0.139. The Morgan fingerprint density at radius 3 is 1.12 bits per heavy atom. The third kappa shape index (κ3) is 19.3. The van der Waals surface area contributed by atoms with Gasteiger partial charge in [-0.15, -0.1) is 0 Å². The zero-order valence-electron chi connectivity index (χ0n) is 56.8. The van der Waals surface area contributed by atoms with Gasteiger partial charge in [-0.05, 0) is 101 Å². The molecule has 8 aromatic carbocycles. The van der Waals surface area contributed by atoms with Gasteiger partial charge in [0, 0.05) is 99.1 Å². The van der Waals surface area contributed by atoms with Crippen LogP contribution in [0, 0.1) is 69.8 Å². The van der Waals surface area contributed by atoms with Crippen LogP contribution in [0.4, 0.5) is 52.7 Å².